The van der Waals surface area contributed by atoms with Gasteiger partial charge in [-0.25, -0.2) is 4.79 Å². The third-order valence-electron chi connectivity index (χ3n) is 1.87. The van der Waals surface area contributed by atoms with Gasteiger partial charge in [-0.15, -0.1) is 0 Å². The van der Waals surface area contributed by atoms with E-state index in [2.05, 4.69) is 9.97 Å². The van der Waals surface area contributed by atoms with Crippen LogP contribution in [0.2, 0.25) is 0 Å². The Morgan fingerprint density at radius 2 is 2.00 bits per heavy atom. The first-order valence-corrected chi connectivity index (χ1v) is 5.28. The lowest BCUT2D eigenvalue weighted by Crippen LogP contribution is -2.09. The van der Waals surface area contributed by atoms with E-state index in [0.29, 0.717) is 21.1 Å². The van der Waals surface area contributed by atoms with Crippen molar-refractivity contribution in [2.45, 2.75) is 13.8 Å². The Kier molecular flexibility index (Phi) is 3.97. The molecule has 4 nitrogen and oxygen atoms in total. The molecule has 82 valence electrons. The van der Waals surface area contributed by atoms with Crippen molar-refractivity contribution >= 4 is 23.1 Å². The molecule has 0 saturated heterocycles. The number of fused-ring (bicyclic) bond motifs is 1. The number of nitrogens with one attached hydrogen (secondary N) is 2. The zero-order valence-corrected chi connectivity index (χ0v) is 9.81. The molecule has 1 aromatic carbocycles. The van der Waals surface area contributed by atoms with E-state index in [0.717, 1.165) is 0 Å². The molecule has 2 N–H and O–H groups in total. The Bertz CT molecular complexity index is 649. The summed E-state index contributed by atoms with van der Waals surface area (Å²) in [6.45, 7) is 4.00. The molecule has 0 spiro atoms. The van der Waals surface area contributed by atoms with E-state index < -0.39 is 0 Å². The molecule has 0 radical (unpaired) electrons. The molecule has 2 rings (SSSR count). The lowest BCUT2D eigenvalue weighted by molar-refractivity contribution is 1.11. The number of hydrogen-bond donors (Lipinski definition) is 2. The Hall–Kier alpha value is -1.93. The molecule has 5 heteroatoms. The molecule has 0 unspecified atom stereocenters. The molecular weight excluding hydrogens is 222 g/mol. The summed E-state index contributed by atoms with van der Waals surface area (Å²) in [5.41, 5.74) is 0.814. The number of H-pyrrole nitrogens is 2. The van der Waals surface area contributed by atoms with Crippen LogP contribution in [0.15, 0.2) is 23.0 Å². The molecular formula is C11H11N3OS. The van der Waals surface area contributed by atoms with Crippen LogP contribution in [0.5, 0.6) is 0 Å². The smallest absolute Gasteiger partial charge is 0.307 e. The van der Waals surface area contributed by atoms with Crippen LogP contribution < -0.4 is 5.69 Å². The highest BCUT2D eigenvalue weighted by atomic mass is 32.1. The minimum atomic E-state index is -0.341. The molecule has 0 bridgehead atoms. The van der Waals surface area contributed by atoms with E-state index in [1.165, 1.54) is 0 Å². The van der Waals surface area contributed by atoms with Crippen molar-refractivity contribution in [3.8, 4) is 6.07 Å². The van der Waals surface area contributed by atoms with Crippen LogP contribution in [0.3, 0.4) is 0 Å². The number of aromatic amines is 2. The molecule has 1 heterocycles. The third kappa shape index (κ3) is 2.35. The first-order chi connectivity index (χ1) is 7.70. The van der Waals surface area contributed by atoms with Crippen LogP contribution in [0.25, 0.3) is 10.9 Å². The van der Waals surface area contributed by atoms with Crippen LogP contribution in [-0.2, 0) is 0 Å². The molecule has 1 aromatic heterocycles. The predicted molar refractivity (Wildman–Crippen MR) is 65.8 cm³/mol. The second kappa shape index (κ2) is 5.24. The van der Waals surface area contributed by atoms with Crippen molar-refractivity contribution in [1.29, 1.82) is 5.26 Å². The van der Waals surface area contributed by atoms with Gasteiger partial charge in [0, 0.05) is 5.39 Å². The fourth-order valence-corrected chi connectivity index (χ4v) is 1.50. The van der Waals surface area contributed by atoms with Gasteiger partial charge in [-0.05, 0) is 18.2 Å². The summed E-state index contributed by atoms with van der Waals surface area (Å²) in [4.78, 5) is 16.1. The molecule has 0 aliphatic heterocycles. The zero-order chi connectivity index (χ0) is 12.1. The van der Waals surface area contributed by atoms with E-state index >= 15 is 0 Å². The van der Waals surface area contributed by atoms with Gasteiger partial charge < -0.3 is 4.98 Å². The molecule has 0 amide bonds. The highest BCUT2D eigenvalue weighted by Gasteiger charge is 1.98. The summed E-state index contributed by atoms with van der Waals surface area (Å²) in [5.74, 6) is 0. The minimum Gasteiger partial charge on any atom is -0.307 e. The average molecular weight is 233 g/mol. The molecule has 0 saturated carbocycles. The molecule has 0 aliphatic rings. The number of nitriles is 1. The summed E-state index contributed by atoms with van der Waals surface area (Å²) in [6, 6.07) is 6.95. The van der Waals surface area contributed by atoms with Crippen molar-refractivity contribution in [2.24, 2.45) is 0 Å². The maximum absolute atomic E-state index is 11.0. The highest BCUT2D eigenvalue weighted by molar-refractivity contribution is 7.71. The van der Waals surface area contributed by atoms with Crippen molar-refractivity contribution in [1.82, 2.24) is 9.97 Å². The quantitative estimate of drug-likeness (QED) is 0.686. The van der Waals surface area contributed by atoms with Gasteiger partial charge in [0.15, 0.2) is 0 Å². The lowest BCUT2D eigenvalue weighted by Gasteiger charge is -1.96. The normalized spacial score (nSPS) is 9.06. The monoisotopic (exact) mass is 233 g/mol. The first-order valence-electron chi connectivity index (χ1n) is 4.87. The molecule has 0 aliphatic carbocycles. The molecule has 0 fully saturated rings. The van der Waals surface area contributed by atoms with Crippen molar-refractivity contribution < 1.29 is 0 Å². The summed E-state index contributed by atoms with van der Waals surface area (Å²) in [5, 5.41) is 9.36. The van der Waals surface area contributed by atoms with Gasteiger partial charge in [-0.1, -0.05) is 26.1 Å². The Morgan fingerprint density at radius 1 is 1.31 bits per heavy atom. The number of benzene rings is 1. The van der Waals surface area contributed by atoms with Gasteiger partial charge >= 0.3 is 5.69 Å². The third-order valence-corrected chi connectivity index (χ3v) is 2.19. The lowest BCUT2D eigenvalue weighted by atomic mass is 10.2. The minimum absolute atomic E-state index is 0.341. The van der Waals surface area contributed by atoms with Crippen LogP contribution in [0.4, 0.5) is 0 Å². The molecule has 0 atom stereocenters. The number of hydrogen-bond acceptors (Lipinski definition) is 3. The maximum Gasteiger partial charge on any atom is 0.324 e. The average Bonchev–Trinajstić information content (AvgIpc) is 2.31. The van der Waals surface area contributed by atoms with E-state index in [1.54, 1.807) is 18.2 Å². The summed E-state index contributed by atoms with van der Waals surface area (Å²) < 4.78 is 0.348. The van der Waals surface area contributed by atoms with Gasteiger partial charge in [-0.3, -0.25) is 4.98 Å². The summed E-state index contributed by atoms with van der Waals surface area (Å²) in [7, 11) is 0. The van der Waals surface area contributed by atoms with Gasteiger partial charge in [0.05, 0.1) is 17.1 Å². The van der Waals surface area contributed by atoms with Crippen molar-refractivity contribution in [2.75, 3.05) is 0 Å². The van der Waals surface area contributed by atoms with Crippen LogP contribution >= 0.6 is 12.2 Å². The first kappa shape index (κ1) is 12.1. The summed E-state index contributed by atoms with van der Waals surface area (Å²) >= 11 is 4.96. The van der Waals surface area contributed by atoms with Crippen molar-refractivity contribution in [3.63, 3.8) is 0 Å². The van der Waals surface area contributed by atoms with Gasteiger partial charge in [-0.2, -0.15) is 5.26 Å². The summed E-state index contributed by atoms with van der Waals surface area (Å²) in [6.07, 6.45) is 0. The number of rotatable bonds is 0. The maximum atomic E-state index is 11.0. The topological polar surface area (TPSA) is 72.4 Å². The van der Waals surface area contributed by atoms with E-state index in [4.69, 9.17) is 17.5 Å². The standard InChI is InChI=1S/C9H5N3OS.C2H6/c10-4-5-1-2-7-6(3-5)8(14)12-9(13)11-7;1-2/h1-3H,(H2,11,12,13,14);1-2H3. The Labute approximate surface area is 97.6 Å². The predicted octanol–water partition coefficient (Wildman–Crippen LogP) is 2.48. The van der Waals surface area contributed by atoms with Crippen LogP contribution in [0, 0.1) is 16.0 Å². The number of nitrogens with zero attached hydrogens (tertiary/aromatic N) is 1. The largest absolute Gasteiger partial charge is 0.324 e. The zero-order valence-electron chi connectivity index (χ0n) is 9.00. The van der Waals surface area contributed by atoms with Gasteiger partial charge in [0.2, 0.25) is 0 Å². The Balaban J connectivity index is 0.000000606. The Morgan fingerprint density at radius 3 is 2.62 bits per heavy atom. The molecule has 16 heavy (non-hydrogen) atoms. The second-order valence-corrected chi connectivity index (χ2v) is 3.19. The fourth-order valence-electron chi connectivity index (χ4n) is 1.23. The van der Waals surface area contributed by atoms with Crippen LogP contribution in [-0.4, -0.2) is 9.97 Å². The number of aromatic nitrogens is 2. The fraction of sp³-hybridized carbons (Fsp3) is 0.182. The molecule has 2 aromatic rings. The highest BCUT2D eigenvalue weighted by Crippen LogP contribution is 2.11. The van der Waals surface area contributed by atoms with Gasteiger partial charge in [0.25, 0.3) is 0 Å². The van der Waals surface area contributed by atoms with Crippen LogP contribution in [0.1, 0.15) is 19.4 Å². The van der Waals surface area contributed by atoms with Gasteiger partial charge in [0.1, 0.15) is 4.64 Å². The second-order valence-electron chi connectivity index (χ2n) is 2.78. The van der Waals surface area contributed by atoms with Crippen molar-refractivity contribution in [3.05, 3.63) is 38.9 Å². The van der Waals surface area contributed by atoms with E-state index in [9.17, 15) is 4.79 Å². The SMILES string of the molecule is CC.N#Cc1ccc2[nH]c(=O)[nH]c(=S)c2c1. The van der Waals surface area contributed by atoms with E-state index in [1.807, 2.05) is 19.9 Å². The van der Waals surface area contributed by atoms with E-state index in [-0.39, 0.29) is 5.69 Å².